The summed E-state index contributed by atoms with van der Waals surface area (Å²) < 4.78 is 85.9. The Morgan fingerprint density at radius 1 is 0.815 bits per heavy atom. The van der Waals surface area contributed by atoms with Gasteiger partial charge in [0.2, 0.25) is 5.88 Å². The predicted octanol–water partition coefficient (Wildman–Crippen LogP) is 10.1. The highest BCUT2D eigenvalue weighted by molar-refractivity contribution is 6.73. The van der Waals surface area contributed by atoms with Gasteiger partial charge in [0.05, 0.1) is 6.61 Å². The first-order valence-electron chi connectivity index (χ1n) is 17.8. The first-order valence-corrected chi connectivity index (χ1v) is 20.3. The van der Waals surface area contributed by atoms with Gasteiger partial charge in [-0.1, -0.05) is 32.9 Å². The Balaban J connectivity index is 1.60. The number of aromatic nitrogens is 4. The Hall–Kier alpha value is -4.57. The molecular weight excluding hydrogens is 727 g/mol. The number of rotatable bonds is 13. The second-order valence-corrected chi connectivity index (χ2v) is 19.8. The maximum Gasteiger partial charge on any atom is 0.427 e. The number of halogens is 4. The van der Waals surface area contributed by atoms with Crippen molar-refractivity contribution < 1.29 is 45.8 Å². The molecule has 0 spiro atoms. The molecule has 3 heterocycles. The second kappa shape index (κ2) is 16.0. The number of amides is 2. The molecule has 0 aliphatic rings. The third-order valence-corrected chi connectivity index (χ3v) is 13.6. The number of nitrogens with zero attached hydrogens (tertiary/aromatic N) is 5. The van der Waals surface area contributed by atoms with E-state index >= 15 is 13.2 Å². The molecule has 0 radical (unpaired) electrons. The Bertz CT molecular complexity index is 1910. The third kappa shape index (κ3) is 9.74. The zero-order valence-electron chi connectivity index (χ0n) is 32.4. The number of alkyl halides is 2. The number of carbonyl (C=O) groups is 2. The Labute approximate surface area is 314 Å². The van der Waals surface area contributed by atoms with Crippen molar-refractivity contribution in [2.75, 3.05) is 11.5 Å². The number of imide groups is 1. The number of hydrogen-bond acceptors (Lipinski definition) is 9. The van der Waals surface area contributed by atoms with Crippen molar-refractivity contribution in [3.63, 3.8) is 0 Å². The SMILES string of the molecule is CC[Si](CC)(CC)OC(C)(c1ccc(F)cc1)C(F)(F)CCOc1ccc(F)c(-c2ccn3nc(N(C(=O)OC(C)(C)C)C(=O)OC(C)(C)C)nc3c2)n1. The molecule has 3 aromatic heterocycles. The van der Waals surface area contributed by atoms with Gasteiger partial charge in [-0.2, -0.15) is 4.98 Å². The highest BCUT2D eigenvalue weighted by Crippen LogP contribution is 2.47. The summed E-state index contributed by atoms with van der Waals surface area (Å²) in [5, 5.41) is 4.23. The average molecular weight is 776 g/mol. The molecular formula is C38H49F4N5O6Si. The van der Waals surface area contributed by atoms with Crippen molar-refractivity contribution in [2.45, 2.75) is 117 Å². The molecule has 0 saturated carbocycles. The molecule has 1 atom stereocenters. The molecule has 4 rings (SSSR count). The molecule has 0 aliphatic heterocycles. The minimum atomic E-state index is -3.46. The van der Waals surface area contributed by atoms with Crippen LogP contribution >= 0.6 is 0 Å². The van der Waals surface area contributed by atoms with Crippen LogP contribution in [0.1, 0.15) is 81.2 Å². The van der Waals surface area contributed by atoms with Crippen LogP contribution in [0.5, 0.6) is 5.88 Å². The largest absolute Gasteiger partial charge is 0.477 e. The van der Waals surface area contributed by atoms with Gasteiger partial charge >= 0.3 is 12.2 Å². The average Bonchev–Trinajstić information content (AvgIpc) is 3.49. The van der Waals surface area contributed by atoms with E-state index in [0.717, 1.165) is 18.2 Å². The van der Waals surface area contributed by atoms with Crippen molar-refractivity contribution in [1.29, 1.82) is 0 Å². The summed E-state index contributed by atoms with van der Waals surface area (Å²) in [5.41, 5.74) is -3.70. The lowest BCUT2D eigenvalue weighted by atomic mass is 9.87. The molecule has 4 aromatic rings. The molecule has 1 unspecified atom stereocenters. The summed E-state index contributed by atoms with van der Waals surface area (Å²) in [4.78, 5) is 35.3. The topological polar surface area (TPSA) is 117 Å². The fourth-order valence-electron chi connectivity index (χ4n) is 5.71. The number of benzene rings is 1. The van der Waals surface area contributed by atoms with Crippen LogP contribution in [0, 0.1) is 11.6 Å². The number of hydrogen-bond donors (Lipinski definition) is 0. The highest BCUT2D eigenvalue weighted by Gasteiger charge is 2.55. The molecule has 16 heteroatoms. The van der Waals surface area contributed by atoms with E-state index in [1.807, 2.05) is 20.8 Å². The fourth-order valence-corrected chi connectivity index (χ4v) is 8.77. The smallest absolute Gasteiger partial charge is 0.427 e. The van der Waals surface area contributed by atoms with Gasteiger partial charge < -0.3 is 18.6 Å². The predicted molar refractivity (Wildman–Crippen MR) is 198 cm³/mol. The first-order chi connectivity index (χ1) is 25.1. The van der Waals surface area contributed by atoms with E-state index in [1.165, 1.54) is 48.0 Å². The van der Waals surface area contributed by atoms with Crippen LogP contribution in [0.25, 0.3) is 16.9 Å². The van der Waals surface area contributed by atoms with Crippen LogP contribution in [-0.2, 0) is 19.5 Å². The summed E-state index contributed by atoms with van der Waals surface area (Å²) in [6, 6.07) is 12.0. The van der Waals surface area contributed by atoms with Gasteiger partial charge in [-0.3, -0.25) is 0 Å². The van der Waals surface area contributed by atoms with E-state index in [1.54, 1.807) is 41.5 Å². The van der Waals surface area contributed by atoms with Gasteiger partial charge in [0.15, 0.2) is 14.0 Å². The van der Waals surface area contributed by atoms with Crippen molar-refractivity contribution in [1.82, 2.24) is 19.6 Å². The number of anilines is 1. The second-order valence-electron chi connectivity index (χ2n) is 15.1. The maximum atomic E-state index is 16.3. The number of pyridine rings is 2. The molecule has 2 amide bonds. The molecule has 54 heavy (non-hydrogen) atoms. The van der Waals surface area contributed by atoms with Crippen LogP contribution in [0.3, 0.4) is 0 Å². The molecule has 0 bridgehead atoms. The lowest BCUT2D eigenvalue weighted by molar-refractivity contribution is -0.175. The normalized spacial score (nSPS) is 13.7. The number of fused-ring (bicyclic) bond motifs is 1. The van der Waals surface area contributed by atoms with Gasteiger partial charge in [-0.25, -0.2) is 36.7 Å². The molecule has 1 aromatic carbocycles. The van der Waals surface area contributed by atoms with Crippen molar-refractivity contribution in [3.05, 3.63) is 71.9 Å². The Morgan fingerprint density at radius 3 is 1.93 bits per heavy atom. The third-order valence-electron chi connectivity index (χ3n) is 8.89. The fraction of sp³-hybridized carbons (Fsp3) is 0.500. The molecule has 0 N–H and O–H groups in total. The highest BCUT2D eigenvalue weighted by atomic mass is 28.4. The van der Waals surface area contributed by atoms with E-state index in [4.69, 9.17) is 18.6 Å². The van der Waals surface area contributed by atoms with Crippen LogP contribution in [0.15, 0.2) is 54.7 Å². The molecule has 0 saturated heterocycles. The summed E-state index contributed by atoms with van der Waals surface area (Å²) >= 11 is 0. The summed E-state index contributed by atoms with van der Waals surface area (Å²) in [6.07, 6.45) is -1.50. The molecule has 0 aliphatic carbocycles. The zero-order valence-corrected chi connectivity index (χ0v) is 33.4. The van der Waals surface area contributed by atoms with Gasteiger partial charge in [0.1, 0.15) is 34.1 Å². The quantitative estimate of drug-likeness (QED) is 0.0966. The molecule has 0 fully saturated rings. The monoisotopic (exact) mass is 775 g/mol. The number of ether oxygens (including phenoxy) is 3. The Kier molecular flexibility index (Phi) is 12.5. The zero-order chi connectivity index (χ0) is 40.3. The Morgan fingerprint density at radius 2 is 1.39 bits per heavy atom. The van der Waals surface area contributed by atoms with Crippen molar-refractivity contribution >= 4 is 32.1 Å². The van der Waals surface area contributed by atoms with Gasteiger partial charge in [0, 0.05) is 24.2 Å². The number of carbonyl (C=O) groups excluding carboxylic acids is 2. The van der Waals surface area contributed by atoms with E-state index < -0.39 is 67.9 Å². The van der Waals surface area contributed by atoms with Crippen LogP contribution in [0.2, 0.25) is 18.1 Å². The molecule has 11 nitrogen and oxygen atoms in total. The van der Waals surface area contributed by atoms with E-state index in [9.17, 15) is 14.0 Å². The molecule has 294 valence electrons. The van der Waals surface area contributed by atoms with Gasteiger partial charge in [-0.15, -0.1) is 10.00 Å². The minimum absolute atomic E-state index is 0.109. The maximum absolute atomic E-state index is 16.3. The van der Waals surface area contributed by atoms with E-state index in [2.05, 4.69) is 15.1 Å². The van der Waals surface area contributed by atoms with E-state index in [0.29, 0.717) is 23.0 Å². The standard InChI is InChI=1S/C38H49F4N5O6Si/c1-11-54(12-2,13-3)53-37(10,26-14-16-27(39)17-15-26)38(41,42)21-23-50-30-19-18-28(40)31(44-30)25-20-22-46-29(24-25)43-32(45-46)47(33(48)51-35(4,5)6)34(49)52-36(7,8)9/h14-20,22,24H,11-13,21,23H2,1-10H3. The lowest BCUT2D eigenvalue weighted by Gasteiger charge is -2.45. The van der Waals surface area contributed by atoms with Crippen molar-refractivity contribution in [3.8, 4) is 17.1 Å². The van der Waals surface area contributed by atoms with Gasteiger partial charge in [0.25, 0.3) is 11.9 Å². The van der Waals surface area contributed by atoms with Crippen LogP contribution in [0.4, 0.5) is 33.1 Å². The summed E-state index contributed by atoms with van der Waals surface area (Å²) in [6.45, 7) is 16.4. The lowest BCUT2D eigenvalue weighted by Crippen LogP contribution is -2.53. The minimum Gasteiger partial charge on any atom is -0.477 e. The summed E-state index contributed by atoms with van der Waals surface area (Å²) in [7, 11) is -2.60. The first kappa shape index (κ1) is 42.2. The van der Waals surface area contributed by atoms with Gasteiger partial charge in [-0.05, 0) is 102 Å². The summed E-state index contributed by atoms with van der Waals surface area (Å²) in [5.74, 6) is -5.22. The van der Waals surface area contributed by atoms with E-state index in [-0.39, 0.29) is 34.3 Å². The van der Waals surface area contributed by atoms with Crippen LogP contribution in [-0.4, -0.2) is 63.8 Å². The van der Waals surface area contributed by atoms with Crippen molar-refractivity contribution in [2.24, 2.45) is 0 Å². The van der Waals surface area contributed by atoms with Crippen LogP contribution < -0.4 is 9.64 Å².